The normalized spacial score (nSPS) is 10.8. The van der Waals surface area contributed by atoms with Crippen molar-refractivity contribution in [2.45, 2.75) is 6.42 Å². The Morgan fingerprint density at radius 2 is 1.68 bits per heavy atom. The van der Waals surface area contributed by atoms with Crippen LogP contribution in [-0.2, 0) is 6.42 Å². The van der Waals surface area contributed by atoms with Gasteiger partial charge >= 0.3 is 0 Å². The van der Waals surface area contributed by atoms with Crippen molar-refractivity contribution in [2.75, 3.05) is 11.5 Å². The van der Waals surface area contributed by atoms with Crippen LogP contribution in [0.4, 0.5) is 11.8 Å². The van der Waals surface area contributed by atoms with Gasteiger partial charge in [-0.1, -0.05) is 23.2 Å². The summed E-state index contributed by atoms with van der Waals surface area (Å²) in [6.45, 7) is 0. The Bertz CT molecular complexity index is 792. The second kappa shape index (κ2) is 5.87. The van der Waals surface area contributed by atoms with Crippen LogP contribution in [0.2, 0.25) is 10.0 Å². The number of nitrogens with two attached hydrogens (primary N) is 2. The minimum Gasteiger partial charge on any atom is -0.383 e. The lowest BCUT2D eigenvalue weighted by Gasteiger charge is -2.12. The van der Waals surface area contributed by atoms with E-state index < -0.39 is 0 Å². The van der Waals surface area contributed by atoms with Crippen molar-refractivity contribution < 1.29 is 0 Å². The molecule has 4 N–H and O–H groups in total. The van der Waals surface area contributed by atoms with Gasteiger partial charge in [-0.25, -0.2) is 4.98 Å². The van der Waals surface area contributed by atoms with Crippen molar-refractivity contribution in [2.24, 2.45) is 0 Å². The first-order valence-electron chi connectivity index (χ1n) is 6.52. The first-order valence-corrected chi connectivity index (χ1v) is 7.28. The summed E-state index contributed by atoms with van der Waals surface area (Å²) < 4.78 is 1.87. The van der Waals surface area contributed by atoms with Crippen molar-refractivity contribution in [1.29, 1.82) is 0 Å². The van der Waals surface area contributed by atoms with E-state index >= 15 is 0 Å². The van der Waals surface area contributed by atoms with Gasteiger partial charge in [0.15, 0.2) is 0 Å². The van der Waals surface area contributed by atoms with Gasteiger partial charge in [0.2, 0.25) is 5.95 Å². The highest BCUT2D eigenvalue weighted by Crippen LogP contribution is 2.31. The van der Waals surface area contributed by atoms with Crippen molar-refractivity contribution in [3.8, 4) is 5.69 Å². The number of nitrogen functional groups attached to an aromatic ring is 2. The number of aromatic nitrogens is 3. The van der Waals surface area contributed by atoms with E-state index in [1.807, 2.05) is 41.2 Å². The summed E-state index contributed by atoms with van der Waals surface area (Å²) in [5.74, 6) is 0.509. The van der Waals surface area contributed by atoms with E-state index in [2.05, 4.69) is 9.97 Å². The highest BCUT2D eigenvalue weighted by atomic mass is 35.5. The second-order valence-corrected chi connectivity index (χ2v) is 5.63. The molecule has 0 radical (unpaired) electrons. The summed E-state index contributed by atoms with van der Waals surface area (Å²) in [7, 11) is 0. The molecule has 0 saturated carbocycles. The average molecular weight is 334 g/mol. The van der Waals surface area contributed by atoms with E-state index in [0.717, 1.165) is 16.8 Å². The lowest BCUT2D eigenvalue weighted by Crippen LogP contribution is -2.04. The summed E-state index contributed by atoms with van der Waals surface area (Å²) in [5.41, 5.74) is 13.8. The van der Waals surface area contributed by atoms with Crippen LogP contribution >= 0.6 is 23.2 Å². The number of hydrogen-bond acceptors (Lipinski definition) is 4. The molecule has 0 bridgehead atoms. The molecule has 0 aliphatic rings. The summed E-state index contributed by atoms with van der Waals surface area (Å²) >= 11 is 12.7. The van der Waals surface area contributed by atoms with Gasteiger partial charge in [0.25, 0.3) is 0 Å². The molecule has 0 fully saturated rings. The molecule has 0 amide bonds. The van der Waals surface area contributed by atoms with E-state index in [-0.39, 0.29) is 5.95 Å². The van der Waals surface area contributed by atoms with Crippen molar-refractivity contribution in [1.82, 2.24) is 14.5 Å². The highest BCUT2D eigenvalue weighted by Gasteiger charge is 2.11. The zero-order valence-corrected chi connectivity index (χ0v) is 13.0. The fourth-order valence-corrected chi connectivity index (χ4v) is 2.97. The molecule has 7 heteroatoms. The number of nitrogens with zero attached hydrogens (tertiary/aromatic N) is 3. The maximum absolute atomic E-state index is 6.37. The smallest absolute Gasteiger partial charge is 0.221 e. The molecular weight excluding hydrogens is 321 g/mol. The van der Waals surface area contributed by atoms with Gasteiger partial charge in [0.1, 0.15) is 5.82 Å². The Morgan fingerprint density at radius 1 is 1.05 bits per heavy atom. The summed E-state index contributed by atoms with van der Waals surface area (Å²) in [5, 5.41) is 1.13. The Balaban J connectivity index is 1.96. The van der Waals surface area contributed by atoms with Gasteiger partial charge in [0, 0.05) is 30.6 Å². The van der Waals surface area contributed by atoms with E-state index in [0.29, 0.717) is 22.3 Å². The molecule has 0 saturated heterocycles. The number of halogens is 2. The van der Waals surface area contributed by atoms with Crippen LogP contribution in [0.25, 0.3) is 5.69 Å². The van der Waals surface area contributed by atoms with E-state index in [4.69, 9.17) is 34.7 Å². The van der Waals surface area contributed by atoms with Gasteiger partial charge < -0.3 is 16.0 Å². The van der Waals surface area contributed by atoms with Crippen molar-refractivity contribution in [3.05, 3.63) is 64.0 Å². The van der Waals surface area contributed by atoms with Crippen LogP contribution in [0, 0.1) is 0 Å². The zero-order chi connectivity index (χ0) is 15.7. The standard InChI is InChI=1S/C15H13Cl2N5/c16-11-6-9(5-10-8-20-15(19)21-14(10)18)7-12(17)13(11)22-3-1-2-4-22/h1-4,6-8H,5H2,(H4,18,19,20,21). The molecule has 0 aliphatic carbocycles. The average Bonchev–Trinajstić information content (AvgIpc) is 2.95. The quantitative estimate of drug-likeness (QED) is 0.770. The molecule has 0 spiro atoms. The lowest BCUT2D eigenvalue weighted by molar-refractivity contribution is 1.06. The van der Waals surface area contributed by atoms with Crippen molar-refractivity contribution >= 4 is 35.0 Å². The number of hydrogen-bond donors (Lipinski definition) is 2. The molecule has 2 aromatic heterocycles. The van der Waals surface area contributed by atoms with Crippen LogP contribution in [0.15, 0.2) is 42.9 Å². The van der Waals surface area contributed by atoms with E-state index in [1.54, 1.807) is 6.20 Å². The van der Waals surface area contributed by atoms with Gasteiger partial charge in [-0.15, -0.1) is 0 Å². The first-order chi connectivity index (χ1) is 10.5. The second-order valence-electron chi connectivity index (χ2n) is 4.81. The summed E-state index contributed by atoms with van der Waals surface area (Å²) in [6.07, 6.45) is 5.91. The Labute approximate surface area is 137 Å². The molecule has 0 atom stereocenters. The zero-order valence-electron chi connectivity index (χ0n) is 11.5. The van der Waals surface area contributed by atoms with E-state index in [1.165, 1.54) is 0 Å². The third-order valence-corrected chi connectivity index (χ3v) is 3.83. The molecular formula is C15H13Cl2N5. The topological polar surface area (TPSA) is 82.8 Å². The molecule has 3 aromatic rings. The predicted octanol–water partition coefficient (Wildman–Crippen LogP) is 3.33. The third kappa shape index (κ3) is 2.86. The van der Waals surface area contributed by atoms with Gasteiger partial charge in [-0.05, 0) is 29.8 Å². The Morgan fingerprint density at radius 3 is 2.27 bits per heavy atom. The van der Waals surface area contributed by atoms with Crippen LogP contribution in [0.3, 0.4) is 0 Å². The van der Waals surface area contributed by atoms with Gasteiger partial charge in [-0.2, -0.15) is 4.98 Å². The number of rotatable bonds is 3. The Kier molecular flexibility index (Phi) is 3.92. The monoisotopic (exact) mass is 333 g/mol. The van der Waals surface area contributed by atoms with Gasteiger partial charge in [0.05, 0.1) is 15.7 Å². The highest BCUT2D eigenvalue weighted by molar-refractivity contribution is 6.37. The van der Waals surface area contributed by atoms with Gasteiger partial charge in [-0.3, -0.25) is 0 Å². The lowest BCUT2D eigenvalue weighted by atomic mass is 10.1. The summed E-state index contributed by atoms with van der Waals surface area (Å²) in [4.78, 5) is 7.90. The molecule has 1 aromatic carbocycles. The number of anilines is 2. The maximum atomic E-state index is 6.37. The van der Waals surface area contributed by atoms with Crippen LogP contribution < -0.4 is 11.5 Å². The molecule has 22 heavy (non-hydrogen) atoms. The van der Waals surface area contributed by atoms with E-state index in [9.17, 15) is 0 Å². The first kappa shape index (κ1) is 14.7. The van der Waals surface area contributed by atoms with Crippen LogP contribution in [0.5, 0.6) is 0 Å². The van der Waals surface area contributed by atoms with Crippen molar-refractivity contribution in [3.63, 3.8) is 0 Å². The third-order valence-electron chi connectivity index (χ3n) is 3.25. The summed E-state index contributed by atoms with van der Waals surface area (Å²) in [6, 6.07) is 7.54. The maximum Gasteiger partial charge on any atom is 0.221 e. The minimum atomic E-state index is 0.153. The van der Waals surface area contributed by atoms with Crippen LogP contribution in [-0.4, -0.2) is 14.5 Å². The molecule has 112 valence electrons. The molecule has 5 nitrogen and oxygen atoms in total. The molecule has 3 rings (SSSR count). The Hall–Kier alpha value is -2.24. The van der Waals surface area contributed by atoms with Crippen LogP contribution in [0.1, 0.15) is 11.1 Å². The predicted molar refractivity (Wildman–Crippen MR) is 89.5 cm³/mol. The largest absolute Gasteiger partial charge is 0.383 e. The fraction of sp³-hybridized carbons (Fsp3) is 0.0667. The molecule has 0 unspecified atom stereocenters. The minimum absolute atomic E-state index is 0.153. The number of benzene rings is 1. The molecule has 2 heterocycles. The fourth-order valence-electron chi connectivity index (χ4n) is 2.24. The molecule has 0 aliphatic heterocycles. The SMILES string of the molecule is Nc1ncc(Cc2cc(Cl)c(-n3cccc3)c(Cl)c2)c(N)n1.